The van der Waals surface area contributed by atoms with E-state index < -0.39 is 10.0 Å². The van der Waals surface area contributed by atoms with Gasteiger partial charge < -0.3 is 5.11 Å². The number of aliphatic hydroxyl groups is 1. The number of aryl methyl sites for hydroxylation is 1. The maximum atomic E-state index is 11.8. The summed E-state index contributed by atoms with van der Waals surface area (Å²) < 4.78 is 26.2. The molecule has 0 aliphatic rings. The fourth-order valence-corrected chi connectivity index (χ4v) is 2.91. The number of hydrogen-bond acceptors (Lipinski definition) is 4. The Balaban J connectivity index is 2.38. The summed E-state index contributed by atoms with van der Waals surface area (Å²) in [5.41, 5.74) is 1.93. The summed E-state index contributed by atoms with van der Waals surface area (Å²) in [5, 5.41) is 9.58. The number of nitrogens with one attached hydrogen (secondary N) is 1. The molecule has 0 atom stereocenters. The standard InChI is InChI=1S/C13H16N2O3S/c1-10-6-7-11-4-2-5-12(13(11)14-10)15-19(17,18)9-3-8-16/h2,4-7,15-16H,3,8-9H2,1H3. The third-order valence-electron chi connectivity index (χ3n) is 2.70. The highest BCUT2D eigenvalue weighted by Crippen LogP contribution is 2.22. The average molecular weight is 280 g/mol. The zero-order chi connectivity index (χ0) is 13.9. The van der Waals surface area contributed by atoms with Crippen molar-refractivity contribution in [2.45, 2.75) is 13.3 Å². The van der Waals surface area contributed by atoms with Gasteiger partial charge in [0.15, 0.2) is 0 Å². The van der Waals surface area contributed by atoms with E-state index in [1.807, 2.05) is 25.1 Å². The molecule has 0 unspecified atom stereocenters. The maximum Gasteiger partial charge on any atom is 0.232 e. The van der Waals surface area contributed by atoms with Gasteiger partial charge in [0.05, 0.1) is 17.0 Å². The van der Waals surface area contributed by atoms with Gasteiger partial charge >= 0.3 is 0 Å². The van der Waals surface area contributed by atoms with E-state index in [9.17, 15) is 8.42 Å². The van der Waals surface area contributed by atoms with Crippen molar-refractivity contribution in [3.8, 4) is 0 Å². The predicted octanol–water partition coefficient (Wildman–Crippen LogP) is 1.67. The van der Waals surface area contributed by atoms with Gasteiger partial charge in [0.2, 0.25) is 10.0 Å². The Morgan fingerprint density at radius 2 is 2.05 bits per heavy atom. The summed E-state index contributed by atoms with van der Waals surface area (Å²) in [6, 6.07) is 9.14. The number of hydrogen-bond donors (Lipinski definition) is 2. The highest BCUT2D eigenvalue weighted by atomic mass is 32.2. The molecule has 5 nitrogen and oxygen atoms in total. The van der Waals surface area contributed by atoms with Crippen molar-refractivity contribution in [1.82, 2.24) is 4.98 Å². The van der Waals surface area contributed by atoms with Crippen LogP contribution in [-0.4, -0.2) is 30.9 Å². The van der Waals surface area contributed by atoms with Crippen LogP contribution in [0.1, 0.15) is 12.1 Å². The van der Waals surface area contributed by atoms with Crippen molar-refractivity contribution in [3.63, 3.8) is 0 Å². The van der Waals surface area contributed by atoms with Crippen LogP contribution in [0, 0.1) is 6.92 Å². The molecule has 2 aromatic rings. The van der Waals surface area contributed by atoms with Gasteiger partial charge in [-0.15, -0.1) is 0 Å². The topological polar surface area (TPSA) is 79.3 Å². The molecule has 6 heteroatoms. The van der Waals surface area contributed by atoms with E-state index in [0.29, 0.717) is 11.2 Å². The number of para-hydroxylation sites is 1. The SMILES string of the molecule is Cc1ccc2cccc(NS(=O)(=O)CCCO)c2n1. The number of rotatable bonds is 5. The van der Waals surface area contributed by atoms with Crippen molar-refractivity contribution < 1.29 is 13.5 Å². The summed E-state index contributed by atoms with van der Waals surface area (Å²) in [7, 11) is -3.45. The molecule has 102 valence electrons. The third-order valence-corrected chi connectivity index (χ3v) is 4.05. The van der Waals surface area contributed by atoms with Gasteiger partial charge in [-0.2, -0.15) is 0 Å². The average Bonchev–Trinajstić information content (AvgIpc) is 2.37. The van der Waals surface area contributed by atoms with Crippen molar-refractivity contribution in [2.24, 2.45) is 0 Å². The molecule has 2 N–H and O–H groups in total. The lowest BCUT2D eigenvalue weighted by molar-refractivity contribution is 0.295. The molecule has 0 aliphatic carbocycles. The van der Waals surface area contributed by atoms with Crippen LogP contribution >= 0.6 is 0 Å². The molecule has 0 amide bonds. The Labute approximate surface area is 112 Å². The van der Waals surface area contributed by atoms with E-state index in [-0.39, 0.29) is 18.8 Å². The summed E-state index contributed by atoms with van der Waals surface area (Å²) in [5.74, 6) is -0.105. The molecule has 0 fully saturated rings. The lowest BCUT2D eigenvalue weighted by Crippen LogP contribution is -2.17. The minimum absolute atomic E-state index is 0.105. The van der Waals surface area contributed by atoms with Crippen LogP contribution in [0.2, 0.25) is 0 Å². The first-order valence-corrected chi connectivity index (χ1v) is 7.65. The Bertz CT molecular complexity index is 683. The van der Waals surface area contributed by atoms with E-state index in [2.05, 4.69) is 9.71 Å². The zero-order valence-corrected chi connectivity index (χ0v) is 11.4. The highest BCUT2D eigenvalue weighted by Gasteiger charge is 2.12. The van der Waals surface area contributed by atoms with E-state index in [1.54, 1.807) is 12.1 Å². The van der Waals surface area contributed by atoms with Gasteiger partial charge in [-0.05, 0) is 25.5 Å². The van der Waals surface area contributed by atoms with Crippen LogP contribution < -0.4 is 4.72 Å². The van der Waals surface area contributed by atoms with Crippen LogP contribution in [0.25, 0.3) is 10.9 Å². The second-order valence-corrected chi connectivity index (χ2v) is 6.17. The summed E-state index contributed by atoms with van der Waals surface area (Å²) in [6.07, 6.45) is 0.215. The van der Waals surface area contributed by atoms with Crippen molar-refractivity contribution >= 4 is 26.6 Å². The monoisotopic (exact) mass is 280 g/mol. The molecule has 0 spiro atoms. The van der Waals surface area contributed by atoms with Gasteiger partial charge in [0.1, 0.15) is 0 Å². The molecular formula is C13H16N2O3S. The molecule has 0 saturated heterocycles. The van der Waals surface area contributed by atoms with Crippen molar-refractivity contribution in [1.29, 1.82) is 0 Å². The lowest BCUT2D eigenvalue weighted by Gasteiger charge is -2.10. The van der Waals surface area contributed by atoms with Crippen LogP contribution in [0.4, 0.5) is 5.69 Å². The number of nitrogens with zero attached hydrogens (tertiary/aromatic N) is 1. The second-order valence-electron chi connectivity index (χ2n) is 4.33. The molecule has 0 aliphatic heterocycles. The third kappa shape index (κ3) is 3.42. The number of pyridine rings is 1. The summed E-state index contributed by atoms with van der Waals surface area (Å²) >= 11 is 0. The molecule has 0 saturated carbocycles. The number of aliphatic hydroxyl groups excluding tert-OH is 1. The molecule has 19 heavy (non-hydrogen) atoms. The fourth-order valence-electron chi connectivity index (χ4n) is 1.80. The molecule has 0 radical (unpaired) electrons. The van der Waals surface area contributed by atoms with Crippen LogP contribution in [0.5, 0.6) is 0 Å². The number of sulfonamides is 1. The van der Waals surface area contributed by atoms with Gasteiger partial charge in [0, 0.05) is 17.7 Å². The lowest BCUT2D eigenvalue weighted by atomic mass is 10.2. The van der Waals surface area contributed by atoms with E-state index in [4.69, 9.17) is 5.11 Å². The molecule has 1 aromatic heterocycles. The van der Waals surface area contributed by atoms with Gasteiger partial charge in [-0.1, -0.05) is 18.2 Å². The molecule has 1 heterocycles. The quantitative estimate of drug-likeness (QED) is 0.873. The number of benzene rings is 1. The zero-order valence-electron chi connectivity index (χ0n) is 10.6. The van der Waals surface area contributed by atoms with Gasteiger partial charge in [-0.25, -0.2) is 8.42 Å². The Morgan fingerprint density at radius 1 is 1.26 bits per heavy atom. The smallest absolute Gasteiger partial charge is 0.232 e. The number of aromatic nitrogens is 1. The first-order chi connectivity index (χ1) is 9.02. The summed E-state index contributed by atoms with van der Waals surface area (Å²) in [4.78, 5) is 4.36. The van der Waals surface area contributed by atoms with E-state index in [0.717, 1.165) is 11.1 Å². The molecule has 2 rings (SSSR count). The second kappa shape index (κ2) is 5.54. The highest BCUT2D eigenvalue weighted by molar-refractivity contribution is 7.92. The van der Waals surface area contributed by atoms with E-state index >= 15 is 0 Å². The van der Waals surface area contributed by atoms with Crippen molar-refractivity contribution in [3.05, 3.63) is 36.0 Å². The van der Waals surface area contributed by atoms with Crippen LogP contribution in [0.3, 0.4) is 0 Å². The van der Waals surface area contributed by atoms with Crippen LogP contribution in [-0.2, 0) is 10.0 Å². The normalized spacial score (nSPS) is 11.7. The number of anilines is 1. The minimum Gasteiger partial charge on any atom is -0.396 e. The first-order valence-electron chi connectivity index (χ1n) is 5.99. The molecule has 1 aromatic carbocycles. The Hall–Kier alpha value is -1.66. The van der Waals surface area contributed by atoms with Gasteiger partial charge in [0.25, 0.3) is 0 Å². The van der Waals surface area contributed by atoms with E-state index in [1.165, 1.54) is 0 Å². The largest absolute Gasteiger partial charge is 0.396 e. The minimum atomic E-state index is -3.45. The number of fused-ring (bicyclic) bond motifs is 1. The fraction of sp³-hybridized carbons (Fsp3) is 0.308. The first kappa shape index (κ1) is 13.8. The maximum absolute atomic E-state index is 11.8. The van der Waals surface area contributed by atoms with Crippen LogP contribution in [0.15, 0.2) is 30.3 Å². The Kier molecular flexibility index (Phi) is 4.01. The molecule has 0 bridgehead atoms. The molecular weight excluding hydrogens is 264 g/mol. The predicted molar refractivity (Wildman–Crippen MR) is 75.6 cm³/mol. The summed E-state index contributed by atoms with van der Waals surface area (Å²) in [6.45, 7) is 1.71. The van der Waals surface area contributed by atoms with Gasteiger partial charge in [-0.3, -0.25) is 9.71 Å². The Morgan fingerprint density at radius 3 is 2.79 bits per heavy atom. The van der Waals surface area contributed by atoms with Crippen molar-refractivity contribution in [2.75, 3.05) is 17.1 Å².